The van der Waals surface area contributed by atoms with Crippen LogP contribution in [0, 0.1) is 5.82 Å². The van der Waals surface area contributed by atoms with Gasteiger partial charge in [-0.1, -0.05) is 11.6 Å². The Hall–Kier alpha value is -2.87. The molecule has 0 fully saturated rings. The van der Waals surface area contributed by atoms with Crippen LogP contribution in [0.5, 0.6) is 5.75 Å². The Morgan fingerprint density at radius 1 is 1.44 bits per heavy atom. The van der Waals surface area contributed by atoms with Crippen molar-refractivity contribution in [2.45, 2.75) is 13.0 Å². The fraction of sp³-hybridized carbons (Fsp3) is 0.188. The Bertz CT molecular complexity index is 861. The first-order valence-electron chi connectivity index (χ1n) is 7.34. The number of fused-ring (bicyclic) bond motifs is 1. The number of nitrogen functional groups attached to an aromatic ring is 1. The summed E-state index contributed by atoms with van der Waals surface area (Å²) in [5.74, 6) is -0.779. The molecule has 0 aliphatic carbocycles. The lowest BCUT2D eigenvalue weighted by Crippen LogP contribution is -2.48. The molecule has 2 aromatic rings. The Kier molecular flexibility index (Phi) is 4.45. The van der Waals surface area contributed by atoms with Crippen molar-refractivity contribution >= 4 is 40.7 Å². The van der Waals surface area contributed by atoms with Crippen LogP contribution in [-0.2, 0) is 9.59 Å². The van der Waals surface area contributed by atoms with Crippen molar-refractivity contribution in [1.29, 1.82) is 0 Å². The van der Waals surface area contributed by atoms with Crippen LogP contribution >= 0.6 is 11.6 Å². The number of benzene rings is 1. The summed E-state index contributed by atoms with van der Waals surface area (Å²) in [6.07, 6.45) is -0.758. The molecule has 1 unspecified atom stereocenters. The van der Waals surface area contributed by atoms with Gasteiger partial charge in [0.15, 0.2) is 17.7 Å². The molecule has 2 heterocycles. The van der Waals surface area contributed by atoms with E-state index in [0.29, 0.717) is 11.4 Å². The van der Waals surface area contributed by atoms with E-state index in [1.807, 2.05) is 0 Å². The monoisotopic (exact) mass is 364 g/mol. The predicted molar refractivity (Wildman–Crippen MR) is 91.1 cm³/mol. The molecule has 1 aliphatic heterocycles. The second kappa shape index (κ2) is 6.56. The zero-order valence-corrected chi connectivity index (χ0v) is 13.9. The summed E-state index contributed by atoms with van der Waals surface area (Å²) >= 11 is 5.68. The summed E-state index contributed by atoms with van der Waals surface area (Å²) in [4.78, 5) is 29.9. The summed E-state index contributed by atoms with van der Waals surface area (Å²) in [6, 6.07) is 6.92. The van der Waals surface area contributed by atoms with Gasteiger partial charge < -0.3 is 15.8 Å². The van der Waals surface area contributed by atoms with Gasteiger partial charge in [0.2, 0.25) is 5.91 Å². The summed E-state index contributed by atoms with van der Waals surface area (Å²) in [5, 5.41) is 2.44. The Morgan fingerprint density at radius 3 is 2.92 bits per heavy atom. The van der Waals surface area contributed by atoms with Gasteiger partial charge >= 0.3 is 0 Å². The van der Waals surface area contributed by atoms with E-state index in [0.717, 1.165) is 6.07 Å². The van der Waals surface area contributed by atoms with E-state index in [1.54, 1.807) is 19.1 Å². The number of rotatable bonds is 3. The lowest BCUT2D eigenvalue weighted by molar-refractivity contribution is -0.127. The number of amides is 2. The molecule has 0 saturated carbocycles. The second-order valence-electron chi connectivity index (χ2n) is 5.42. The van der Waals surface area contributed by atoms with Crippen molar-refractivity contribution in [1.82, 2.24) is 4.98 Å². The minimum absolute atomic E-state index is 0.117. The number of hydrogen-bond donors (Lipinski definition) is 2. The van der Waals surface area contributed by atoms with E-state index in [2.05, 4.69) is 10.3 Å². The zero-order valence-electron chi connectivity index (χ0n) is 13.1. The van der Waals surface area contributed by atoms with E-state index < -0.39 is 23.7 Å². The zero-order chi connectivity index (χ0) is 18.1. The maximum absolute atomic E-state index is 13.2. The van der Waals surface area contributed by atoms with Gasteiger partial charge in [-0.25, -0.2) is 9.37 Å². The molecule has 1 atom stereocenters. The molecule has 0 bridgehead atoms. The van der Waals surface area contributed by atoms with E-state index in [-0.39, 0.29) is 23.2 Å². The molecule has 25 heavy (non-hydrogen) atoms. The number of nitrogens with two attached hydrogens (primary N) is 1. The number of nitrogens with zero attached hydrogens (tertiary/aromatic N) is 2. The summed E-state index contributed by atoms with van der Waals surface area (Å²) in [6.45, 7) is 1.28. The highest BCUT2D eigenvalue weighted by Crippen LogP contribution is 2.32. The van der Waals surface area contributed by atoms with Crippen molar-refractivity contribution in [3.63, 3.8) is 0 Å². The first kappa shape index (κ1) is 17.0. The van der Waals surface area contributed by atoms with Gasteiger partial charge in [0.25, 0.3) is 5.91 Å². The number of hydrogen-bond acceptors (Lipinski definition) is 5. The van der Waals surface area contributed by atoms with E-state index in [9.17, 15) is 14.0 Å². The maximum atomic E-state index is 13.2. The van der Waals surface area contributed by atoms with Crippen LogP contribution < -0.4 is 20.7 Å². The van der Waals surface area contributed by atoms with Crippen LogP contribution in [0.4, 0.5) is 21.7 Å². The van der Waals surface area contributed by atoms with Gasteiger partial charge in [0.1, 0.15) is 18.2 Å². The molecular weight excluding hydrogens is 351 g/mol. The molecule has 3 N–H and O–H groups in total. The van der Waals surface area contributed by atoms with Crippen molar-refractivity contribution in [2.75, 3.05) is 22.5 Å². The molecule has 9 heteroatoms. The molecular formula is C16H14ClFN4O3. The van der Waals surface area contributed by atoms with Crippen LogP contribution in [0.25, 0.3) is 0 Å². The third-order valence-electron chi connectivity index (χ3n) is 3.54. The van der Waals surface area contributed by atoms with Crippen molar-refractivity contribution in [3.05, 3.63) is 41.2 Å². The predicted octanol–water partition coefficient (Wildman–Crippen LogP) is 2.21. The Labute approximate surface area is 147 Å². The number of nitrogens with one attached hydrogen (secondary N) is 1. The van der Waals surface area contributed by atoms with Crippen LogP contribution in [0.2, 0.25) is 5.02 Å². The van der Waals surface area contributed by atoms with Gasteiger partial charge in [0, 0.05) is 5.69 Å². The van der Waals surface area contributed by atoms with Crippen LogP contribution in [-0.4, -0.2) is 29.4 Å². The average Bonchev–Trinajstić information content (AvgIpc) is 2.56. The van der Waals surface area contributed by atoms with Gasteiger partial charge in [-0.05, 0) is 37.3 Å². The highest BCUT2D eigenvalue weighted by Gasteiger charge is 2.34. The van der Waals surface area contributed by atoms with Crippen LogP contribution in [0.1, 0.15) is 6.92 Å². The lowest BCUT2D eigenvalue weighted by atomic mass is 10.2. The molecule has 3 rings (SSSR count). The minimum Gasteiger partial charge on any atom is -0.477 e. The number of anilines is 3. The molecule has 0 saturated heterocycles. The molecule has 130 valence electrons. The summed E-state index contributed by atoms with van der Waals surface area (Å²) in [5.41, 5.74) is 5.97. The molecule has 1 aromatic carbocycles. The van der Waals surface area contributed by atoms with E-state index in [1.165, 1.54) is 17.0 Å². The number of carbonyl (C=O) groups is 2. The molecule has 7 nitrogen and oxygen atoms in total. The second-order valence-corrected chi connectivity index (χ2v) is 5.83. The third kappa shape index (κ3) is 3.48. The average molecular weight is 365 g/mol. The van der Waals surface area contributed by atoms with Crippen molar-refractivity contribution in [3.8, 4) is 5.75 Å². The first-order chi connectivity index (χ1) is 11.8. The van der Waals surface area contributed by atoms with Gasteiger partial charge in [-0.15, -0.1) is 0 Å². The number of ether oxygens (including phenoxy) is 1. The fourth-order valence-electron chi connectivity index (χ4n) is 2.37. The van der Waals surface area contributed by atoms with E-state index in [4.69, 9.17) is 22.1 Å². The topological polar surface area (TPSA) is 97.6 Å². The van der Waals surface area contributed by atoms with Gasteiger partial charge in [-0.3, -0.25) is 14.5 Å². The van der Waals surface area contributed by atoms with Gasteiger partial charge in [-0.2, -0.15) is 0 Å². The molecule has 1 aliphatic rings. The quantitative estimate of drug-likeness (QED) is 0.870. The number of aromatic nitrogens is 1. The molecule has 2 amide bonds. The Morgan fingerprint density at radius 2 is 2.20 bits per heavy atom. The van der Waals surface area contributed by atoms with Crippen LogP contribution in [0.3, 0.4) is 0 Å². The highest BCUT2D eigenvalue weighted by molar-refractivity contribution is 6.31. The molecule has 0 radical (unpaired) electrons. The van der Waals surface area contributed by atoms with Gasteiger partial charge in [0.05, 0.1) is 5.02 Å². The number of carbonyl (C=O) groups excluding carboxylic acids is 2. The minimum atomic E-state index is -0.758. The fourth-order valence-corrected chi connectivity index (χ4v) is 2.55. The third-order valence-corrected chi connectivity index (χ3v) is 3.83. The van der Waals surface area contributed by atoms with E-state index >= 15 is 0 Å². The normalized spacial score (nSPS) is 16.2. The highest BCUT2D eigenvalue weighted by atomic mass is 35.5. The number of halogens is 2. The molecule has 0 spiro atoms. The Balaban J connectivity index is 1.81. The molecule has 1 aromatic heterocycles. The standard InChI is InChI=1S/C16H14ClFN4O3/c1-8-16(24)22(15-12(25-8)4-5-13(19)21-15)7-14(23)20-9-2-3-11(18)10(17)6-9/h2-6,8H,7H2,1H3,(H2,19,21)(H,20,23). The summed E-state index contributed by atoms with van der Waals surface area (Å²) in [7, 11) is 0. The lowest BCUT2D eigenvalue weighted by Gasteiger charge is -2.31. The van der Waals surface area contributed by atoms with Crippen molar-refractivity contribution in [2.24, 2.45) is 0 Å². The summed E-state index contributed by atoms with van der Waals surface area (Å²) < 4.78 is 18.6. The maximum Gasteiger partial charge on any atom is 0.269 e. The SMILES string of the molecule is CC1Oc2ccc(N)nc2N(CC(=O)Nc2ccc(F)c(Cl)c2)C1=O. The largest absolute Gasteiger partial charge is 0.477 e. The smallest absolute Gasteiger partial charge is 0.269 e. The number of pyridine rings is 1. The van der Waals surface area contributed by atoms with Crippen LogP contribution in [0.15, 0.2) is 30.3 Å². The first-order valence-corrected chi connectivity index (χ1v) is 7.72. The van der Waals surface area contributed by atoms with Crippen molar-refractivity contribution < 1.29 is 18.7 Å².